The molecule has 0 aromatic heterocycles. The van der Waals surface area contributed by atoms with Crippen LogP contribution >= 0.6 is 0 Å². The first-order valence-electron chi connectivity index (χ1n) is 5.27. The molecule has 78 valence electrons. The van der Waals surface area contributed by atoms with Gasteiger partial charge in [-0.05, 0) is 30.0 Å². The Morgan fingerprint density at radius 2 is 2.27 bits per heavy atom. The molecule has 0 radical (unpaired) electrons. The molecule has 1 unspecified atom stereocenters. The number of hydrogen-bond acceptors (Lipinski definition) is 2. The predicted octanol–water partition coefficient (Wildman–Crippen LogP) is 1.74. The van der Waals surface area contributed by atoms with Crippen LogP contribution < -0.4 is 4.74 Å². The van der Waals surface area contributed by atoms with Crippen LogP contribution in [0.2, 0.25) is 0 Å². The number of carbonyl (C=O) groups is 1. The molecule has 1 atom stereocenters. The third-order valence-corrected chi connectivity index (χ3v) is 3.36. The molecule has 1 aliphatic carbocycles. The van der Waals surface area contributed by atoms with Crippen molar-refractivity contribution in [3.8, 4) is 5.75 Å². The van der Waals surface area contributed by atoms with Crippen LogP contribution in [0.1, 0.15) is 29.0 Å². The third kappa shape index (κ3) is 1.16. The van der Waals surface area contributed by atoms with Crippen LogP contribution in [0.15, 0.2) is 12.1 Å². The van der Waals surface area contributed by atoms with Crippen LogP contribution in [-0.4, -0.2) is 17.7 Å². The molecule has 0 saturated carbocycles. The molecule has 15 heavy (non-hydrogen) atoms. The smallest absolute Gasteiger partial charge is 0.311 e. The summed E-state index contributed by atoms with van der Waals surface area (Å²) < 4.78 is 5.46. The van der Waals surface area contributed by atoms with E-state index < -0.39 is 5.97 Å². The Hall–Kier alpha value is -1.51. The van der Waals surface area contributed by atoms with Gasteiger partial charge in [0.2, 0.25) is 0 Å². The highest BCUT2D eigenvalue weighted by atomic mass is 16.5. The fraction of sp³-hybridized carbons (Fsp3) is 0.417. The second-order valence-electron chi connectivity index (χ2n) is 4.14. The number of fused-ring (bicyclic) bond motifs is 3. The molecule has 3 nitrogen and oxygen atoms in total. The minimum absolute atomic E-state index is 0.309. The fourth-order valence-electron chi connectivity index (χ4n) is 2.69. The van der Waals surface area contributed by atoms with Gasteiger partial charge in [0.05, 0.1) is 12.5 Å². The summed E-state index contributed by atoms with van der Waals surface area (Å²) in [5, 5.41) is 9.15. The monoisotopic (exact) mass is 204 g/mol. The zero-order valence-electron chi connectivity index (χ0n) is 8.32. The molecule has 0 bridgehead atoms. The van der Waals surface area contributed by atoms with E-state index in [4.69, 9.17) is 9.84 Å². The summed E-state index contributed by atoms with van der Waals surface area (Å²) in [6, 6.07) is 3.99. The number of hydrogen-bond donors (Lipinski definition) is 1. The minimum Gasteiger partial charge on any atom is -0.493 e. The first-order chi connectivity index (χ1) is 7.27. The van der Waals surface area contributed by atoms with E-state index in [0.29, 0.717) is 6.61 Å². The summed E-state index contributed by atoms with van der Waals surface area (Å²) >= 11 is 0. The van der Waals surface area contributed by atoms with Crippen molar-refractivity contribution >= 4 is 5.97 Å². The van der Waals surface area contributed by atoms with Crippen LogP contribution in [-0.2, 0) is 17.6 Å². The molecule has 0 amide bonds. The number of benzene rings is 1. The Balaban J connectivity index is 2.17. The first kappa shape index (κ1) is 8.77. The van der Waals surface area contributed by atoms with E-state index in [0.717, 1.165) is 36.1 Å². The molecule has 1 aromatic carbocycles. The molecule has 1 aromatic rings. The highest BCUT2D eigenvalue weighted by Crippen LogP contribution is 2.41. The lowest BCUT2D eigenvalue weighted by molar-refractivity contribution is -0.138. The zero-order chi connectivity index (χ0) is 10.4. The number of aryl methyl sites for hydroxylation is 1. The van der Waals surface area contributed by atoms with Gasteiger partial charge in [0.1, 0.15) is 5.75 Å². The van der Waals surface area contributed by atoms with Crippen molar-refractivity contribution in [2.24, 2.45) is 0 Å². The standard InChI is InChI=1S/C12H12O3/c13-12(14)9-3-1-7-2-4-10-8(11(7)9)5-6-15-10/h2,4,9H,1,3,5-6H2,(H,13,14). The van der Waals surface area contributed by atoms with Crippen LogP contribution in [0.4, 0.5) is 0 Å². The molecule has 0 spiro atoms. The molecular weight excluding hydrogens is 192 g/mol. The third-order valence-electron chi connectivity index (χ3n) is 3.36. The summed E-state index contributed by atoms with van der Waals surface area (Å²) in [7, 11) is 0. The molecule has 3 heteroatoms. The average Bonchev–Trinajstić information content (AvgIpc) is 2.82. The number of rotatable bonds is 1. The van der Waals surface area contributed by atoms with E-state index in [1.165, 1.54) is 5.56 Å². The molecule has 1 aliphatic heterocycles. The summed E-state index contributed by atoms with van der Waals surface area (Å²) in [6.45, 7) is 0.693. The second-order valence-corrected chi connectivity index (χ2v) is 4.14. The van der Waals surface area contributed by atoms with Crippen LogP contribution in [0.25, 0.3) is 0 Å². The maximum atomic E-state index is 11.1. The van der Waals surface area contributed by atoms with Crippen molar-refractivity contribution in [3.05, 3.63) is 28.8 Å². The Kier molecular flexibility index (Phi) is 1.75. The first-order valence-corrected chi connectivity index (χ1v) is 5.27. The second kappa shape index (κ2) is 2.99. The van der Waals surface area contributed by atoms with Crippen molar-refractivity contribution in [1.29, 1.82) is 0 Å². The fourth-order valence-corrected chi connectivity index (χ4v) is 2.69. The molecule has 3 rings (SSSR count). The largest absolute Gasteiger partial charge is 0.493 e. The maximum absolute atomic E-state index is 11.1. The Bertz CT molecular complexity index is 437. The van der Waals surface area contributed by atoms with E-state index in [2.05, 4.69) is 0 Å². The Morgan fingerprint density at radius 1 is 1.40 bits per heavy atom. The molecule has 1 heterocycles. The summed E-state index contributed by atoms with van der Waals surface area (Å²) in [5.41, 5.74) is 3.38. The van der Waals surface area contributed by atoms with Crippen LogP contribution in [0.3, 0.4) is 0 Å². The number of ether oxygens (including phenoxy) is 1. The quantitative estimate of drug-likeness (QED) is 0.757. The van der Waals surface area contributed by atoms with Crippen molar-refractivity contribution in [2.45, 2.75) is 25.2 Å². The number of aliphatic carboxylic acids is 1. The van der Waals surface area contributed by atoms with Gasteiger partial charge < -0.3 is 9.84 Å². The van der Waals surface area contributed by atoms with Crippen LogP contribution in [0.5, 0.6) is 5.75 Å². The van der Waals surface area contributed by atoms with E-state index >= 15 is 0 Å². The van der Waals surface area contributed by atoms with Gasteiger partial charge in [0.25, 0.3) is 0 Å². The lowest BCUT2D eigenvalue weighted by atomic mass is 9.94. The van der Waals surface area contributed by atoms with E-state index in [1.54, 1.807) is 0 Å². The van der Waals surface area contributed by atoms with Gasteiger partial charge >= 0.3 is 5.97 Å². The van der Waals surface area contributed by atoms with Gasteiger partial charge in [-0.1, -0.05) is 6.07 Å². The molecular formula is C12H12O3. The SMILES string of the molecule is O=C(O)C1CCc2ccc3c(c21)CCO3. The maximum Gasteiger partial charge on any atom is 0.311 e. The summed E-state index contributed by atoms with van der Waals surface area (Å²) in [6.07, 6.45) is 2.49. The molecule has 0 fully saturated rings. The van der Waals surface area contributed by atoms with Crippen LogP contribution in [0, 0.1) is 0 Å². The molecule has 2 aliphatic rings. The zero-order valence-corrected chi connectivity index (χ0v) is 8.32. The Morgan fingerprint density at radius 3 is 3.07 bits per heavy atom. The van der Waals surface area contributed by atoms with Gasteiger partial charge in [-0.15, -0.1) is 0 Å². The molecule has 0 saturated heterocycles. The van der Waals surface area contributed by atoms with E-state index in [-0.39, 0.29) is 5.92 Å². The van der Waals surface area contributed by atoms with Crippen molar-refractivity contribution in [3.63, 3.8) is 0 Å². The normalized spacial score (nSPS) is 22.0. The van der Waals surface area contributed by atoms with Gasteiger partial charge in [-0.3, -0.25) is 4.79 Å². The highest BCUT2D eigenvalue weighted by Gasteiger charge is 2.33. The van der Waals surface area contributed by atoms with Gasteiger partial charge in [-0.25, -0.2) is 0 Å². The van der Waals surface area contributed by atoms with Crippen molar-refractivity contribution in [2.75, 3.05) is 6.61 Å². The van der Waals surface area contributed by atoms with Gasteiger partial charge in [0.15, 0.2) is 0 Å². The molecule has 1 N–H and O–H groups in total. The van der Waals surface area contributed by atoms with Gasteiger partial charge in [-0.2, -0.15) is 0 Å². The summed E-state index contributed by atoms with van der Waals surface area (Å²) in [4.78, 5) is 11.1. The minimum atomic E-state index is -0.700. The van der Waals surface area contributed by atoms with E-state index in [9.17, 15) is 4.79 Å². The lowest BCUT2D eigenvalue weighted by Gasteiger charge is -2.10. The van der Waals surface area contributed by atoms with Crippen molar-refractivity contribution in [1.82, 2.24) is 0 Å². The van der Waals surface area contributed by atoms with Crippen molar-refractivity contribution < 1.29 is 14.6 Å². The predicted molar refractivity (Wildman–Crippen MR) is 54.3 cm³/mol. The average molecular weight is 204 g/mol. The Labute approximate surface area is 87.7 Å². The number of carboxylic acids is 1. The van der Waals surface area contributed by atoms with Gasteiger partial charge in [0, 0.05) is 12.0 Å². The summed E-state index contributed by atoms with van der Waals surface area (Å²) in [5.74, 6) is -0.118. The van der Waals surface area contributed by atoms with E-state index in [1.807, 2.05) is 12.1 Å². The lowest BCUT2D eigenvalue weighted by Crippen LogP contribution is -2.09. The highest BCUT2D eigenvalue weighted by molar-refractivity contribution is 5.79. The number of carboxylic acid groups (broad SMARTS) is 1. The topological polar surface area (TPSA) is 46.5 Å².